The summed E-state index contributed by atoms with van der Waals surface area (Å²) < 4.78 is 11.2. The van der Waals surface area contributed by atoms with Crippen LogP contribution in [0.5, 0.6) is 5.75 Å². The second-order valence-corrected chi connectivity index (χ2v) is 7.76. The van der Waals surface area contributed by atoms with Gasteiger partial charge in [0.2, 0.25) is 0 Å². The molecule has 154 valence electrons. The molecule has 0 spiro atoms. The summed E-state index contributed by atoms with van der Waals surface area (Å²) in [5.74, 6) is 0.647. The minimum atomic E-state index is -0.374. The van der Waals surface area contributed by atoms with Crippen molar-refractivity contribution in [3.63, 3.8) is 0 Å². The van der Waals surface area contributed by atoms with Crippen LogP contribution in [0.1, 0.15) is 5.56 Å². The summed E-state index contributed by atoms with van der Waals surface area (Å²) >= 11 is 0. The Morgan fingerprint density at radius 1 is 0.812 bits per heavy atom. The highest BCUT2D eigenvalue weighted by Gasteiger charge is 2.10. The van der Waals surface area contributed by atoms with Crippen molar-refractivity contribution in [2.24, 2.45) is 0 Å². The third-order valence-corrected chi connectivity index (χ3v) is 5.65. The molecular weight excluding hydrogens is 400 g/mol. The van der Waals surface area contributed by atoms with E-state index in [1.807, 2.05) is 36.4 Å². The van der Waals surface area contributed by atoms with E-state index in [9.17, 15) is 4.79 Å². The summed E-state index contributed by atoms with van der Waals surface area (Å²) in [6.45, 7) is 0.390. The van der Waals surface area contributed by atoms with E-state index < -0.39 is 0 Å². The number of aromatic nitrogens is 2. The average Bonchev–Trinajstić information content (AvgIpc) is 3.25. The average molecular weight is 418 g/mol. The van der Waals surface area contributed by atoms with Crippen LogP contribution in [-0.4, -0.2) is 10.2 Å². The normalized spacial score (nSPS) is 11.4. The number of H-pyrrole nitrogens is 1. The Hall–Kier alpha value is -4.38. The van der Waals surface area contributed by atoms with Crippen molar-refractivity contribution in [1.29, 1.82) is 0 Å². The van der Waals surface area contributed by atoms with Crippen LogP contribution in [0.2, 0.25) is 0 Å². The maximum absolute atomic E-state index is 11.5. The summed E-state index contributed by atoms with van der Waals surface area (Å²) in [7, 11) is 0. The van der Waals surface area contributed by atoms with Gasteiger partial charge in [0.05, 0.1) is 11.2 Å². The number of hydrogen-bond donors (Lipinski definition) is 1. The number of nitrogens with one attached hydrogen (secondary N) is 1. The molecule has 2 heterocycles. The molecular formula is C27H18N2O3. The zero-order chi connectivity index (χ0) is 21.5. The van der Waals surface area contributed by atoms with Crippen molar-refractivity contribution in [3.8, 4) is 17.0 Å². The first-order chi connectivity index (χ1) is 15.7. The molecule has 0 radical (unpaired) electrons. The fourth-order valence-electron chi connectivity index (χ4n) is 4.01. The lowest BCUT2D eigenvalue weighted by molar-refractivity contribution is 0.306. The van der Waals surface area contributed by atoms with Crippen LogP contribution in [0.15, 0.2) is 100 Å². The highest BCUT2D eigenvalue weighted by molar-refractivity contribution is 5.96. The van der Waals surface area contributed by atoms with E-state index in [1.54, 1.807) is 12.1 Å². The number of benzene rings is 4. The van der Waals surface area contributed by atoms with Gasteiger partial charge in [-0.1, -0.05) is 42.5 Å². The summed E-state index contributed by atoms with van der Waals surface area (Å²) in [6, 6.07) is 29.5. The van der Waals surface area contributed by atoms with Gasteiger partial charge in [0.1, 0.15) is 17.9 Å². The lowest BCUT2D eigenvalue weighted by atomic mass is 10.0. The van der Waals surface area contributed by atoms with Gasteiger partial charge in [0, 0.05) is 28.5 Å². The molecule has 5 heteroatoms. The second kappa shape index (κ2) is 7.39. The third-order valence-electron chi connectivity index (χ3n) is 5.65. The molecule has 0 atom stereocenters. The van der Waals surface area contributed by atoms with Gasteiger partial charge in [0.15, 0.2) is 0 Å². The zero-order valence-corrected chi connectivity index (χ0v) is 17.0. The molecule has 0 aliphatic heterocycles. The monoisotopic (exact) mass is 418 g/mol. The topological polar surface area (TPSA) is 68.1 Å². The van der Waals surface area contributed by atoms with Crippen LogP contribution in [-0.2, 0) is 6.61 Å². The predicted molar refractivity (Wildman–Crippen MR) is 126 cm³/mol. The number of aromatic amines is 1. The zero-order valence-electron chi connectivity index (χ0n) is 17.0. The Morgan fingerprint density at radius 2 is 1.66 bits per heavy atom. The predicted octanol–water partition coefficient (Wildman–Crippen LogP) is 6.07. The largest absolute Gasteiger partial charge is 0.489 e. The number of rotatable bonds is 4. The first-order valence-corrected chi connectivity index (χ1v) is 10.4. The quantitative estimate of drug-likeness (QED) is 0.353. The lowest BCUT2D eigenvalue weighted by Crippen LogP contribution is -1.97. The van der Waals surface area contributed by atoms with Gasteiger partial charge < -0.3 is 9.15 Å². The Morgan fingerprint density at radius 3 is 2.59 bits per heavy atom. The van der Waals surface area contributed by atoms with Crippen LogP contribution < -0.4 is 10.4 Å². The van der Waals surface area contributed by atoms with E-state index in [0.717, 1.165) is 33.1 Å². The molecule has 0 saturated carbocycles. The highest BCUT2D eigenvalue weighted by atomic mass is 16.5. The third kappa shape index (κ3) is 3.30. The fourth-order valence-corrected chi connectivity index (χ4v) is 4.01. The lowest BCUT2D eigenvalue weighted by Gasteiger charge is -2.08. The molecule has 0 aliphatic rings. The Labute approximate surface area is 182 Å². The highest BCUT2D eigenvalue weighted by Crippen LogP contribution is 2.30. The van der Waals surface area contributed by atoms with Crippen molar-refractivity contribution in [2.45, 2.75) is 6.61 Å². The van der Waals surface area contributed by atoms with Gasteiger partial charge in [-0.15, -0.1) is 0 Å². The number of fused-ring (bicyclic) bond motifs is 3. The first-order valence-electron chi connectivity index (χ1n) is 10.4. The van der Waals surface area contributed by atoms with Crippen molar-refractivity contribution in [3.05, 3.63) is 107 Å². The van der Waals surface area contributed by atoms with Crippen molar-refractivity contribution in [2.75, 3.05) is 0 Å². The molecule has 0 bridgehead atoms. The molecule has 32 heavy (non-hydrogen) atoms. The number of nitrogens with zero attached hydrogens (tertiary/aromatic N) is 1. The Kier molecular flexibility index (Phi) is 4.25. The van der Waals surface area contributed by atoms with Crippen LogP contribution in [0, 0.1) is 0 Å². The summed E-state index contributed by atoms with van der Waals surface area (Å²) in [4.78, 5) is 11.5. The maximum atomic E-state index is 11.5. The minimum absolute atomic E-state index is 0.374. The summed E-state index contributed by atoms with van der Waals surface area (Å²) in [6.07, 6.45) is 0. The van der Waals surface area contributed by atoms with Crippen molar-refractivity contribution >= 4 is 32.6 Å². The molecule has 0 unspecified atom stereocenters. The molecule has 6 rings (SSSR count). The molecule has 0 saturated heterocycles. The van der Waals surface area contributed by atoms with Crippen LogP contribution in [0.25, 0.3) is 43.9 Å². The van der Waals surface area contributed by atoms with E-state index >= 15 is 0 Å². The molecule has 0 fully saturated rings. The molecule has 0 aliphatic carbocycles. The van der Waals surface area contributed by atoms with E-state index in [1.165, 1.54) is 16.8 Å². The van der Waals surface area contributed by atoms with Gasteiger partial charge in [-0.25, -0.2) is 4.79 Å². The molecule has 6 aromatic rings. The Balaban J connectivity index is 1.31. The van der Waals surface area contributed by atoms with Crippen molar-refractivity contribution < 1.29 is 9.15 Å². The van der Waals surface area contributed by atoms with Gasteiger partial charge in [-0.05, 0) is 52.7 Å². The summed E-state index contributed by atoms with van der Waals surface area (Å²) in [5.41, 5.74) is 4.12. The molecule has 1 N–H and O–H groups in total. The molecule has 5 nitrogen and oxygen atoms in total. The van der Waals surface area contributed by atoms with E-state index in [2.05, 4.69) is 46.6 Å². The minimum Gasteiger partial charge on any atom is -0.489 e. The van der Waals surface area contributed by atoms with Gasteiger partial charge in [-0.3, -0.25) is 5.10 Å². The van der Waals surface area contributed by atoms with E-state index in [-0.39, 0.29) is 5.63 Å². The second-order valence-electron chi connectivity index (χ2n) is 7.76. The van der Waals surface area contributed by atoms with Crippen LogP contribution in [0.3, 0.4) is 0 Å². The Bertz CT molecular complexity index is 1660. The number of ether oxygens (including phenoxy) is 1. The van der Waals surface area contributed by atoms with Crippen molar-refractivity contribution in [1.82, 2.24) is 10.2 Å². The standard InChI is InChI=1S/C27H18N2O3/c30-26-12-9-19-8-10-22(15-25(19)32-26)31-16-17-5-11-24-23(13-17)27(29-28-24)21-7-6-18-3-1-2-4-20(18)14-21/h1-15H,16H2,(H,28,29). The van der Waals surface area contributed by atoms with E-state index in [0.29, 0.717) is 17.9 Å². The first kappa shape index (κ1) is 18.4. The number of hydrogen-bond acceptors (Lipinski definition) is 4. The van der Waals surface area contributed by atoms with E-state index in [4.69, 9.17) is 9.15 Å². The summed E-state index contributed by atoms with van der Waals surface area (Å²) in [5, 5.41) is 12.0. The maximum Gasteiger partial charge on any atom is 0.336 e. The van der Waals surface area contributed by atoms with Crippen LogP contribution in [0.4, 0.5) is 0 Å². The van der Waals surface area contributed by atoms with Gasteiger partial charge in [0.25, 0.3) is 0 Å². The van der Waals surface area contributed by atoms with Crippen LogP contribution >= 0.6 is 0 Å². The van der Waals surface area contributed by atoms with Gasteiger partial charge in [-0.2, -0.15) is 5.10 Å². The fraction of sp³-hybridized carbons (Fsp3) is 0.0370. The molecule has 2 aromatic heterocycles. The van der Waals surface area contributed by atoms with Gasteiger partial charge >= 0.3 is 5.63 Å². The molecule has 4 aromatic carbocycles. The molecule has 0 amide bonds. The smallest absolute Gasteiger partial charge is 0.336 e. The SMILES string of the molecule is O=c1ccc2ccc(OCc3ccc4[nH]nc(-c5ccc6ccccc6c5)c4c3)cc2o1.